The first-order chi connectivity index (χ1) is 7.83. The molecule has 0 radical (unpaired) electrons. The lowest BCUT2D eigenvalue weighted by molar-refractivity contribution is 0.326. The van der Waals surface area contributed by atoms with E-state index in [1.165, 1.54) is 42.5 Å². The average Bonchev–Trinajstić information content (AvgIpc) is 3.03. The van der Waals surface area contributed by atoms with Crippen LogP contribution in [-0.4, -0.2) is 30.1 Å². The Bertz CT molecular complexity index is 376. The van der Waals surface area contributed by atoms with Crippen molar-refractivity contribution < 1.29 is 0 Å². The standard InChI is InChI=1S/C13H17BrN2/c14-12-3-1-2-4-13(12)15-10-7-8-16(9-10)11-5-6-11/h1-4,10-11,15H,5-9H2. The van der Waals surface area contributed by atoms with Crippen LogP contribution in [0.5, 0.6) is 0 Å². The van der Waals surface area contributed by atoms with Gasteiger partial charge in [-0.3, -0.25) is 4.90 Å². The molecule has 2 aliphatic rings. The lowest BCUT2D eigenvalue weighted by Crippen LogP contribution is -2.27. The van der Waals surface area contributed by atoms with Crippen molar-refractivity contribution in [2.45, 2.75) is 31.3 Å². The van der Waals surface area contributed by atoms with Gasteiger partial charge in [0.05, 0.1) is 0 Å². The second-order valence-electron chi connectivity index (χ2n) is 4.84. The van der Waals surface area contributed by atoms with Gasteiger partial charge in [-0.2, -0.15) is 0 Å². The Morgan fingerprint density at radius 3 is 2.75 bits per heavy atom. The zero-order valence-corrected chi connectivity index (χ0v) is 10.9. The molecule has 1 atom stereocenters. The Morgan fingerprint density at radius 2 is 2.00 bits per heavy atom. The summed E-state index contributed by atoms with van der Waals surface area (Å²) in [4.78, 5) is 2.63. The fourth-order valence-electron chi connectivity index (χ4n) is 2.47. The van der Waals surface area contributed by atoms with E-state index in [9.17, 15) is 0 Å². The lowest BCUT2D eigenvalue weighted by atomic mass is 10.2. The zero-order valence-electron chi connectivity index (χ0n) is 9.32. The number of likely N-dealkylation sites (tertiary alicyclic amines) is 1. The first-order valence-corrected chi connectivity index (χ1v) is 6.87. The van der Waals surface area contributed by atoms with Crippen LogP contribution in [0.2, 0.25) is 0 Å². The van der Waals surface area contributed by atoms with Gasteiger partial charge >= 0.3 is 0 Å². The van der Waals surface area contributed by atoms with Gasteiger partial charge in [0.25, 0.3) is 0 Å². The minimum absolute atomic E-state index is 0.624. The van der Waals surface area contributed by atoms with Crippen LogP contribution >= 0.6 is 15.9 Å². The summed E-state index contributed by atoms with van der Waals surface area (Å²) >= 11 is 3.58. The van der Waals surface area contributed by atoms with Gasteiger partial charge in [0.1, 0.15) is 0 Å². The molecule has 2 nitrogen and oxygen atoms in total. The van der Waals surface area contributed by atoms with Crippen LogP contribution in [0.1, 0.15) is 19.3 Å². The van der Waals surface area contributed by atoms with Crippen molar-refractivity contribution in [2.75, 3.05) is 18.4 Å². The van der Waals surface area contributed by atoms with Crippen molar-refractivity contribution in [1.82, 2.24) is 4.90 Å². The van der Waals surface area contributed by atoms with E-state index in [0.717, 1.165) is 6.04 Å². The van der Waals surface area contributed by atoms with Crippen molar-refractivity contribution in [3.63, 3.8) is 0 Å². The summed E-state index contributed by atoms with van der Waals surface area (Å²) in [5.41, 5.74) is 1.23. The molecule has 86 valence electrons. The van der Waals surface area contributed by atoms with E-state index in [1.807, 2.05) is 0 Å². The highest BCUT2D eigenvalue weighted by molar-refractivity contribution is 9.10. The summed E-state index contributed by atoms with van der Waals surface area (Å²) < 4.78 is 1.17. The highest BCUT2D eigenvalue weighted by Crippen LogP contribution is 2.31. The predicted molar refractivity (Wildman–Crippen MR) is 70.8 cm³/mol. The third kappa shape index (κ3) is 2.25. The summed E-state index contributed by atoms with van der Waals surface area (Å²) in [6.07, 6.45) is 4.11. The molecule has 16 heavy (non-hydrogen) atoms. The summed E-state index contributed by atoms with van der Waals surface area (Å²) in [6.45, 7) is 2.48. The largest absolute Gasteiger partial charge is 0.380 e. The Balaban J connectivity index is 1.61. The molecule has 0 bridgehead atoms. The quantitative estimate of drug-likeness (QED) is 0.916. The molecule has 3 heteroatoms. The van der Waals surface area contributed by atoms with Gasteiger partial charge in [-0.1, -0.05) is 12.1 Å². The van der Waals surface area contributed by atoms with Crippen molar-refractivity contribution >= 4 is 21.6 Å². The summed E-state index contributed by atoms with van der Waals surface area (Å²) in [7, 11) is 0. The lowest BCUT2D eigenvalue weighted by Gasteiger charge is -2.17. The van der Waals surface area contributed by atoms with Crippen molar-refractivity contribution in [2.24, 2.45) is 0 Å². The second-order valence-corrected chi connectivity index (χ2v) is 5.69. The number of para-hydroxylation sites is 1. The molecule has 0 amide bonds. The van der Waals surface area contributed by atoms with Gasteiger partial charge in [-0.25, -0.2) is 0 Å². The van der Waals surface area contributed by atoms with Crippen LogP contribution < -0.4 is 5.32 Å². The number of nitrogens with one attached hydrogen (secondary N) is 1. The minimum Gasteiger partial charge on any atom is -0.380 e. The molecular weight excluding hydrogens is 264 g/mol. The third-order valence-corrected chi connectivity index (χ3v) is 4.21. The van der Waals surface area contributed by atoms with Gasteiger partial charge in [-0.15, -0.1) is 0 Å². The molecule has 1 aromatic rings. The fourth-order valence-corrected chi connectivity index (χ4v) is 2.87. The number of hydrogen-bond donors (Lipinski definition) is 1. The third-order valence-electron chi connectivity index (χ3n) is 3.52. The molecule has 1 aliphatic carbocycles. The Labute approximate surface area is 105 Å². The Kier molecular flexibility index (Phi) is 2.90. The highest BCUT2D eigenvalue weighted by Gasteiger charge is 2.34. The summed E-state index contributed by atoms with van der Waals surface area (Å²) in [5, 5.41) is 3.63. The monoisotopic (exact) mass is 280 g/mol. The molecule has 1 aromatic carbocycles. The first-order valence-electron chi connectivity index (χ1n) is 6.08. The number of rotatable bonds is 3. The van der Waals surface area contributed by atoms with E-state index in [-0.39, 0.29) is 0 Å². The molecule has 1 heterocycles. The molecule has 1 unspecified atom stereocenters. The molecular formula is C13H17BrN2. The van der Waals surface area contributed by atoms with Crippen molar-refractivity contribution in [1.29, 1.82) is 0 Å². The SMILES string of the molecule is Brc1ccccc1NC1CCN(C2CC2)C1. The molecule has 2 fully saturated rings. The number of anilines is 1. The van der Waals surface area contributed by atoms with E-state index < -0.39 is 0 Å². The summed E-state index contributed by atoms with van der Waals surface area (Å²) in [5.74, 6) is 0. The average molecular weight is 281 g/mol. The zero-order chi connectivity index (χ0) is 11.0. The summed E-state index contributed by atoms with van der Waals surface area (Å²) in [6, 6.07) is 9.91. The number of nitrogens with zero attached hydrogens (tertiary/aromatic N) is 1. The van der Waals surface area contributed by atoms with E-state index in [2.05, 4.69) is 50.4 Å². The van der Waals surface area contributed by atoms with Crippen LogP contribution in [0.3, 0.4) is 0 Å². The fraction of sp³-hybridized carbons (Fsp3) is 0.538. The first kappa shape index (κ1) is 10.6. The maximum atomic E-state index is 3.63. The van der Waals surface area contributed by atoms with E-state index in [0.29, 0.717) is 6.04 Å². The molecule has 1 aliphatic heterocycles. The van der Waals surface area contributed by atoms with Crippen LogP contribution in [0.25, 0.3) is 0 Å². The maximum Gasteiger partial charge on any atom is 0.0487 e. The van der Waals surface area contributed by atoms with Crippen LogP contribution in [-0.2, 0) is 0 Å². The van der Waals surface area contributed by atoms with Crippen LogP contribution in [0.15, 0.2) is 28.7 Å². The van der Waals surface area contributed by atoms with Crippen LogP contribution in [0.4, 0.5) is 5.69 Å². The predicted octanol–water partition coefficient (Wildman–Crippen LogP) is 3.10. The molecule has 0 aromatic heterocycles. The molecule has 0 spiro atoms. The van der Waals surface area contributed by atoms with Gasteiger partial charge in [-0.05, 0) is 47.3 Å². The van der Waals surface area contributed by atoms with Gasteiger partial charge in [0.2, 0.25) is 0 Å². The van der Waals surface area contributed by atoms with Gasteiger partial charge < -0.3 is 5.32 Å². The molecule has 1 N–H and O–H groups in total. The number of benzene rings is 1. The molecule has 3 rings (SSSR count). The van der Waals surface area contributed by atoms with E-state index in [4.69, 9.17) is 0 Å². The number of halogens is 1. The maximum absolute atomic E-state index is 3.63. The smallest absolute Gasteiger partial charge is 0.0487 e. The highest BCUT2D eigenvalue weighted by atomic mass is 79.9. The van der Waals surface area contributed by atoms with Crippen molar-refractivity contribution in [3.05, 3.63) is 28.7 Å². The normalized spacial score (nSPS) is 25.9. The van der Waals surface area contributed by atoms with E-state index >= 15 is 0 Å². The van der Waals surface area contributed by atoms with Crippen LogP contribution in [0, 0.1) is 0 Å². The Hall–Kier alpha value is -0.540. The second kappa shape index (κ2) is 4.38. The minimum atomic E-state index is 0.624. The van der Waals surface area contributed by atoms with Gasteiger partial charge in [0, 0.05) is 35.3 Å². The topological polar surface area (TPSA) is 15.3 Å². The molecule has 1 saturated heterocycles. The van der Waals surface area contributed by atoms with Gasteiger partial charge in [0.15, 0.2) is 0 Å². The molecule has 1 saturated carbocycles. The van der Waals surface area contributed by atoms with E-state index in [1.54, 1.807) is 0 Å². The number of hydrogen-bond acceptors (Lipinski definition) is 2. The van der Waals surface area contributed by atoms with Crippen molar-refractivity contribution in [3.8, 4) is 0 Å². The Morgan fingerprint density at radius 1 is 1.19 bits per heavy atom.